The first-order valence-corrected chi connectivity index (χ1v) is 7.20. The summed E-state index contributed by atoms with van der Waals surface area (Å²) in [6, 6.07) is 13.0. The molecule has 0 aliphatic rings. The molecule has 0 saturated carbocycles. The van der Waals surface area contributed by atoms with E-state index in [4.69, 9.17) is 4.42 Å². The number of hydrogen-bond donors (Lipinski definition) is 1. The summed E-state index contributed by atoms with van der Waals surface area (Å²) in [5, 5.41) is 3.44. The highest BCUT2D eigenvalue weighted by atomic mass is 16.3. The molecule has 2 rings (SSSR count). The van der Waals surface area contributed by atoms with Crippen LogP contribution in [0.15, 0.2) is 40.8 Å². The monoisotopic (exact) mass is 257 g/mol. The summed E-state index contributed by atoms with van der Waals surface area (Å²) in [5.74, 6) is 1.99. The normalized spacial score (nSPS) is 12.6. The van der Waals surface area contributed by atoms with Gasteiger partial charge in [-0.3, -0.25) is 0 Å². The van der Waals surface area contributed by atoms with Gasteiger partial charge in [-0.05, 0) is 43.1 Å². The molecule has 1 aromatic carbocycles. The van der Waals surface area contributed by atoms with Gasteiger partial charge in [-0.25, -0.2) is 0 Å². The number of benzene rings is 1. The largest absolute Gasteiger partial charge is 0.459 e. The molecule has 2 nitrogen and oxygen atoms in total. The Hall–Kier alpha value is -1.54. The van der Waals surface area contributed by atoms with E-state index in [2.05, 4.69) is 62.5 Å². The third kappa shape index (κ3) is 3.27. The Morgan fingerprint density at radius 1 is 1.11 bits per heavy atom. The van der Waals surface area contributed by atoms with Crippen molar-refractivity contribution in [3.63, 3.8) is 0 Å². The molecule has 0 saturated heterocycles. The molecule has 0 aliphatic carbocycles. The molecule has 102 valence electrons. The van der Waals surface area contributed by atoms with Crippen LogP contribution in [0, 0.1) is 0 Å². The summed E-state index contributed by atoms with van der Waals surface area (Å²) in [6.45, 7) is 7.43. The fourth-order valence-electron chi connectivity index (χ4n) is 2.33. The fraction of sp³-hybridized carbons (Fsp3) is 0.412. The summed E-state index contributed by atoms with van der Waals surface area (Å²) in [5.41, 5.74) is 2.51. The Morgan fingerprint density at radius 2 is 1.95 bits per heavy atom. The van der Waals surface area contributed by atoms with Crippen molar-refractivity contribution < 1.29 is 4.42 Å². The molecule has 0 fully saturated rings. The number of nitrogens with one attached hydrogen (secondary N) is 1. The lowest BCUT2D eigenvalue weighted by Crippen LogP contribution is -2.19. The minimum Gasteiger partial charge on any atom is -0.459 e. The van der Waals surface area contributed by atoms with Crippen LogP contribution in [0.2, 0.25) is 0 Å². The van der Waals surface area contributed by atoms with E-state index in [0.717, 1.165) is 36.5 Å². The Balaban J connectivity index is 2.24. The molecule has 0 amide bonds. The van der Waals surface area contributed by atoms with Crippen molar-refractivity contribution in [1.29, 1.82) is 0 Å². The number of hydrogen-bond acceptors (Lipinski definition) is 2. The van der Waals surface area contributed by atoms with Crippen molar-refractivity contribution in [2.75, 3.05) is 6.54 Å². The topological polar surface area (TPSA) is 25.2 Å². The Bertz CT molecular complexity index is 515. The molecular formula is C17H23NO. The molecule has 1 aromatic heterocycles. The summed E-state index contributed by atoms with van der Waals surface area (Å²) in [7, 11) is 0. The van der Waals surface area contributed by atoms with E-state index in [1.54, 1.807) is 0 Å². The third-order valence-corrected chi connectivity index (χ3v) is 3.45. The molecule has 2 aromatic rings. The van der Waals surface area contributed by atoms with Crippen LogP contribution in [-0.4, -0.2) is 6.54 Å². The van der Waals surface area contributed by atoms with E-state index >= 15 is 0 Å². The summed E-state index contributed by atoms with van der Waals surface area (Å²) in [4.78, 5) is 0. The van der Waals surface area contributed by atoms with Gasteiger partial charge in [0, 0.05) is 5.56 Å². The number of rotatable bonds is 6. The summed E-state index contributed by atoms with van der Waals surface area (Å²) < 4.78 is 6.01. The molecule has 0 radical (unpaired) electrons. The van der Waals surface area contributed by atoms with Gasteiger partial charge in [0.25, 0.3) is 0 Å². The van der Waals surface area contributed by atoms with Crippen LogP contribution in [0.1, 0.15) is 44.6 Å². The summed E-state index contributed by atoms with van der Waals surface area (Å²) in [6.07, 6.45) is 2.09. The van der Waals surface area contributed by atoms with E-state index in [-0.39, 0.29) is 0 Å². The van der Waals surface area contributed by atoms with E-state index in [1.165, 1.54) is 5.56 Å². The third-order valence-electron chi connectivity index (χ3n) is 3.45. The zero-order valence-corrected chi connectivity index (χ0v) is 12.1. The second-order valence-electron chi connectivity index (χ2n) is 4.77. The minimum atomic E-state index is 0.313. The van der Waals surface area contributed by atoms with E-state index < -0.39 is 0 Å². The van der Waals surface area contributed by atoms with Crippen molar-refractivity contribution in [2.45, 2.75) is 39.7 Å². The van der Waals surface area contributed by atoms with Gasteiger partial charge in [0.15, 0.2) is 0 Å². The number of furan rings is 1. The smallest absolute Gasteiger partial charge is 0.134 e. The molecule has 2 heteroatoms. The van der Waals surface area contributed by atoms with Gasteiger partial charge in [0.05, 0.1) is 6.04 Å². The lowest BCUT2D eigenvalue weighted by atomic mass is 10.1. The maximum atomic E-state index is 6.01. The van der Waals surface area contributed by atoms with Crippen molar-refractivity contribution >= 4 is 0 Å². The second kappa shape index (κ2) is 6.58. The van der Waals surface area contributed by atoms with Gasteiger partial charge >= 0.3 is 0 Å². The van der Waals surface area contributed by atoms with Gasteiger partial charge in [-0.2, -0.15) is 0 Å². The van der Waals surface area contributed by atoms with E-state index in [9.17, 15) is 0 Å². The maximum absolute atomic E-state index is 6.01. The molecule has 0 bridgehead atoms. The molecular weight excluding hydrogens is 234 g/mol. The van der Waals surface area contributed by atoms with Gasteiger partial charge in [0.1, 0.15) is 11.5 Å². The molecule has 1 unspecified atom stereocenters. The van der Waals surface area contributed by atoms with Crippen molar-refractivity contribution in [3.05, 3.63) is 47.7 Å². The standard InChI is InChI=1S/C17H23NO/c1-4-13-8-7-9-14(12-13)16-10-11-17(19-16)15(5-2)18-6-3/h7-12,15,18H,4-6H2,1-3H3. The van der Waals surface area contributed by atoms with Gasteiger partial charge in [0.2, 0.25) is 0 Å². The first kappa shape index (κ1) is 13.9. The van der Waals surface area contributed by atoms with Crippen LogP contribution in [0.3, 0.4) is 0 Å². The SMILES string of the molecule is CCNC(CC)c1ccc(-c2cccc(CC)c2)o1. The highest BCUT2D eigenvalue weighted by Crippen LogP contribution is 2.27. The Labute approximate surface area is 115 Å². The molecule has 0 spiro atoms. The number of aryl methyl sites for hydroxylation is 1. The van der Waals surface area contributed by atoms with Crippen molar-refractivity contribution in [1.82, 2.24) is 5.32 Å². The maximum Gasteiger partial charge on any atom is 0.134 e. The fourth-order valence-corrected chi connectivity index (χ4v) is 2.33. The molecule has 19 heavy (non-hydrogen) atoms. The lowest BCUT2D eigenvalue weighted by Gasteiger charge is -2.12. The first-order chi connectivity index (χ1) is 9.28. The first-order valence-electron chi connectivity index (χ1n) is 7.20. The van der Waals surface area contributed by atoms with Crippen LogP contribution in [0.25, 0.3) is 11.3 Å². The van der Waals surface area contributed by atoms with Crippen LogP contribution in [0.5, 0.6) is 0 Å². The Morgan fingerprint density at radius 3 is 2.63 bits per heavy atom. The second-order valence-corrected chi connectivity index (χ2v) is 4.77. The van der Waals surface area contributed by atoms with Gasteiger partial charge in [-0.15, -0.1) is 0 Å². The van der Waals surface area contributed by atoms with Crippen molar-refractivity contribution in [3.8, 4) is 11.3 Å². The van der Waals surface area contributed by atoms with Crippen LogP contribution >= 0.6 is 0 Å². The van der Waals surface area contributed by atoms with Gasteiger partial charge < -0.3 is 9.73 Å². The van der Waals surface area contributed by atoms with Crippen molar-refractivity contribution in [2.24, 2.45) is 0 Å². The van der Waals surface area contributed by atoms with Crippen LogP contribution in [-0.2, 0) is 6.42 Å². The minimum absolute atomic E-state index is 0.313. The molecule has 1 N–H and O–H groups in total. The highest BCUT2D eigenvalue weighted by Gasteiger charge is 2.13. The molecule has 1 heterocycles. The predicted molar refractivity (Wildman–Crippen MR) is 80.2 cm³/mol. The average molecular weight is 257 g/mol. The lowest BCUT2D eigenvalue weighted by molar-refractivity contribution is 0.417. The molecule has 1 atom stereocenters. The van der Waals surface area contributed by atoms with Crippen LogP contribution < -0.4 is 5.32 Å². The highest BCUT2D eigenvalue weighted by molar-refractivity contribution is 5.58. The zero-order chi connectivity index (χ0) is 13.7. The predicted octanol–water partition coefficient (Wildman–Crippen LogP) is 4.57. The quantitative estimate of drug-likeness (QED) is 0.820. The average Bonchev–Trinajstić information content (AvgIpc) is 2.94. The van der Waals surface area contributed by atoms with Crippen LogP contribution in [0.4, 0.5) is 0 Å². The zero-order valence-electron chi connectivity index (χ0n) is 12.1. The Kier molecular flexibility index (Phi) is 4.80. The van der Waals surface area contributed by atoms with E-state index in [1.807, 2.05) is 0 Å². The van der Waals surface area contributed by atoms with E-state index in [0.29, 0.717) is 6.04 Å². The summed E-state index contributed by atoms with van der Waals surface area (Å²) >= 11 is 0. The molecule has 0 aliphatic heterocycles. The van der Waals surface area contributed by atoms with Gasteiger partial charge in [-0.1, -0.05) is 39.0 Å².